The van der Waals surface area contributed by atoms with Crippen LogP contribution < -0.4 is 5.32 Å². The van der Waals surface area contributed by atoms with Crippen LogP contribution in [-0.2, 0) is 9.47 Å². The van der Waals surface area contributed by atoms with Gasteiger partial charge in [-0.3, -0.25) is 0 Å². The van der Waals surface area contributed by atoms with Crippen molar-refractivity contribution >= 4 is 0 Å². The monoisotopic (exact) mass is 265 g/mol. The topological polar surface area (TPSA) is 50.7 Å². The number of methoxy groups -OCH3 is 1. The molecule has 1 saturated carbocycles. The Morgan fingerprint density at radius 2 is 2.11 bits per heavy atom. The maximum atomic E-state index is 10.1. The van der Waals surface area contributed by atoms with E-state index in [9.17, 15) is 5.11 Å². The molecular formula is C15H23NO3. The Kier molecular flexibility index (Phi) is 5.34. The first kappa shape index (κ1) is 14.5. The predicted octanol–water partition coefficient (Wildman–Crippen LogP) is 1.50. The van der Waals surface area contributed by atoms with Gasteiger partial charge >= 0.3 is 0 Å². The standard InChI is InChI=1S/C15H23NO3/c1-3-19-14-9-12(15(14)18-2)16-10-13(17)11-7-5-4-6-8-11/h4-8,12-17H,3,9-10H2,1-2H3. The Hall–Kier alpha value is -0.940. The van der Waals surface area contributed by atoms with Crippen LogP contribution in [-0.4, -0.2) is 43.6 Å². The molecule has 0 aromatic heterocycles. The van der Waals surface area contributed by atoms with Gasteiger partial charge in [0.15, 0.2) is 0 Å². The number of hydrogen-bond donors (Lipinski definition) is 2. The molecule has 0 spiro atoms. The molecule has 4 atom stereocenters. The van der Waals surface area contributed by atoms with Crippen molar-refractivity contribution in [1.82, 2.24) is 5.32 Å². The van der Waals surface area contributed by atoms with E-state index in [1.54, 1.807) is 7.11 Å². The Bertz CT molecular complexity index is 371. The van der Waals surface area contributed by atoms with Gasteiger partial charge in [0.25, 0.3) is 0 Å². The van der Waals surface area contributed by atoms with Gasteiger partial charge in [-0.25, -0.2) is 0 Å². The first-order valence-electron chi connectivity index (χ1n) is 6.87. The zero-order valence-corrected chi connectivity index (χ0v) is 11.6. The van der Waals surface area contributed by atoms with Gasteiger partial charge in [-0.15, -0.1) is 0 Å². The van der Waals surface area contributed by atoms with Crippen molar-refractivity contribution in [3.05, 3.63) is 35.9 Å². The average molecular weight is 265 g/mol. The number of aliphatic hydroxyl groups is 1. The molecule has 0 aliphatic heterocycles. The summed E-state index contributed by atoms with van der Waals surface area (Å²) in [6.45, 7) is 3.24. The van der Waals surface area contributed by atoms with E-state index in [2.05, 4.69) is 5.32 Å². The first-order chi connectivity index (χ1) is 9.26. The number of nitrogens with one attached hydrogen (secondary N) is 1. The second-order valence-electron chi connectivity index (χ2n) is 4.87. The Morgan fingerprint density at radius 1 is 1.37 bits per heavy atom. The highest BCUT2D eigenvalue weighted by Gasteiger charge is 2.41. The molecular weight excluding hydrogens is 242 g/mol. The number of aliphatic hydroxyl groups excluding tert-OH is 1. The highest BCUT2D eigenvalue weighted by molar-refractivity contribution is 5.17. The van der Waals surface area contributed by atoms with Gasteiger partial charge < -0.3 is 19.9 Å². The van der Waals surface area contributed by atoms with E-state index in [4.69, 9.17) is 9.47 Å². The van der Waals surface area contributed by atoms with Gasteiger partial charge in [0, 0.05) is 26.3 Å². The van der Waals surface area contributed by atoms with E-state index in [0.29, 0.717) is 13.2 Å². The summed E-state index contributed by atoms with van der Waals surface area (Å²) in [5.74, 6) is 0. The minimum absolute atomic E-state index is 0.0860. The molecule has 2 rings (SSSR count). The van der Waals surface area contributed by atoms with Crippen molar-refractivity contribution in [2.75, 3.05) is 20.3 Å². The third-order valence-electron chi connectivity index (χ3n) is 3.66. The largest absolute Gasteiger partial charge is 0.387 e. The predicted molar refractivity (Wildman–Crippen MR) is 74.0 cm³/mol. The fourth-order valence-electron chi connectivity index (χ4n) is 2.53. The maximum absolute atomic E-state index is 10.1. The first-order valence-corrected chi connectivity index (χ1v) is 6.87. The summed E-state index contributed by atoms with van der Waals surface area (Å²) in [5.41, 5.74) is 0.935. The van der Waals surface area contributed by atoms with Gasteiger partial charge in [0.2, 0.25) is 0 Å². The molecule has 0 bridgehead atoms. The molecule has 0 amide bonds. The van der Waals surface area contributed by atoms with E-state index in [1.807, 2.05) is 37.3 Å². The van der Waals surface area contributed by atoms with Gasteiger partial charge in [-0.1, -0.05) is 30.3 Å². The summed E-state index contributed by atoms with van der Waals surface area (Å²) >= 11 is 0. The van der Waals surface area contributed by atoms with Crippen LogP contribution in [0.3, 0.4) is 0 Å². The fourth-order valence-corrected chi connectivity index (χ4v) is 2.53. The Labute approximate surface area is 114 Å². The number of benzene rings is 1. The molecule has 0 saturated heterocycles. The molecule has 0 heterocycles. The fraction of sp³-hybridized carbons (Fsp3) is 0.600. The Morgan fingerprint density at radius 3 is 2.74 bits per heavy atom. The van der Waals surface area contributed by atoms with Gasteiger partial charge in [-0.05, 0) is 18.9 Å². The van der Waals surface area contributed by atoms with Gasteiger partial charge in [0.1, 0.15) is 0 Å². The Balaban J connectivity index is 1.77. The molecule has 1 aromatic carbocycles. The van der Waals surface area contributed by atoms with E-state index in [0.717, 1.165) is 12.0 Å². The normalized spacial score (nSPS) is 27.8. The molecule has 1 aromatic rings. The van der Waals surface area contributed by atoms with Crippen LogP contribution in [0.4, 0.5) is 0 Å². The molecule has 4 nitrogen and oxygen atoms in total. The van der Waals surface area contributed by atoms with Crippen molar-refractivity contribution in [3.63, 3.8) is 0 Å². The highest BCUT2D eigenvalue weighted by atomic mass is 16.5. The molecule has 1 aliphatic rings. The van der Waals surface area contributed by atoms with Crippen LogP contribution in [0.15, 0.2) is 30.3 Å². The van der Waals surface area contributed by atoms with Crippen LogP contribution >= 0.6 is 0 Å². The average Bonchev–Trinajstić information content (AvgIpc) is 2.43. The van der Waals surface area contributed by atoms with Crippen LogP contribution in [0.1, 0.15) is 25.0 Å². The summed E-state index contributed by atoms with van der Waals surface area (Å²) in [6, 6.07) is 9.95. The lowest BCUT2D eigenvalue weighted by Crippen LogP contribution is -2.60. The zero-order valence-electron chi connectivity index (χ0n) is 11.6. The SMILES string of the molecule is CCOC1CC(NCC(O)c2ccccc2)C1OC. The summed E-state index contributed by atoms with van der Waals surface area (Å²) in [5, 5.41) is 13.4. The summed E-state index contributed by atoms with van der Waals surface area (Å²) in [7, 11) is 1.71. The molecule has 1 fully saturated rings. The number of ether oxygens (including phenoxy) is 2. The second kappa shape index (κ2) is 7.01. The molecule has 0 radical (unpaired) electrons. The number of rotatable bonds is 7. The maximum Gasteiger partial charge on any atom is 0.0986 e. The third kappa shape index (κ3) is 3.54. The minimum atomic E-state index is -0.482. The molecule has 2 N–H and O–H groups in total. The van der Waals surface area contributed by atoms with Gasteiger partial charge in [0.05, 0.1) is 18.3 Å². The highest BCUT2D eigenvalue weighted by Crippen LogP contribution is 2.27. The minimum Gasteiger partial charge on any atom is -0.387 e. The van der Waals surface area contributed by atoms with Crippen molar-refractivity contribution in [3.8, 4) is 0 Å². The second-order valence-corrected chi connectivity index (χ2v) is 4.87. The van der Waals surface area contributed by atoms with Crippen molar-refractivity contribution in [2.45, 2.75) is 37.7 Å². The summed E-state index contributed by atoms with van der Waals surface area (Å²) in [6.07, 6.45) is 0.725. The lowest BCUT2D eigenvalue weighted by Gasteiger charge is -2.43. The number of hydrogen-bond acceptors (Lipinski definition) is 4. The molecule has 19 heavy (non-hydrogen) atoms. The lowest BCUT2D eigenvalue weighted by atomic mass is 9.85. The van der Waals surface area contributed by atoms with Gasteiger partial charge in [-0.2, -0.15) is 0 Å². The zero-order chi connectivity index (χ0) is 13.7. The molecule has 1 aliphatic carbocycles. The van der Waals surface area contributed by atoms with E-state index in [-0.39, 0.29) is 18.2 Å². The summed E-state index contributed by atoms with van der Waals surface area (Å²) in [4.78, 5) is 0. The lowest BCUT2D eigenvalue weighted by molar-refractivity contribution is -0.132. The van der Waals surface area contributed by atoms with Crippen LogP contribution in [0, 0.1) is 0 Å². The van der Waals surface area contributed by atoms with Crippen molar-refractivity contribution < 1.29 is 14.6 Å². The van der Waals surface area contributed by atoms with E-state index >= 15 is 0 Å². The van der Waals surface area contributed by atoms with Crippen LogP contribution in [0.25, 0.3) is 0 Å². The van der Waals surface area contributed by atoms with E-state index in [1.165, 1.54) is 0 Å². The van der Waals surface area contributed by atoms with Crippen molar-refractivity contribution in [2.24, 2.45) is 0 Å². The molecule has 4 unspecified atom stereocenters. The van der Waals surface area contributed by atoms with Crippen LogP contribution in [0.5, 0.6) is 0 Å². The van der Waals surface area contributed by atoms with E-state index < -0.39 is 6.10 Å². The molecule has 4 heteroatoms. The summed E-state index contributed by atoms with van der Waals surface area (Å²) < 4.78 is 11.0. The van der Waals surface area contributed by atoms with Crippen LogP contribution in [0.2, 0.25) is 0 Å². The third-order valence-corrected chi connectivity index (χ3v) is 3.66. The quantitative estimate of drug-likeness (QED) is 0.784. The smallest absolute Gasteiger partial charge is 0.0986 e. The van der Waals surface area contributed by atoms with Crippen molar-refractivity contribution in [1.29, 1.82) is 0 Å². The molecule has 106 valence electrons.